The van der Waals surface area contributed by atoms with E-state index in [1.54, 1.807) is 26.9 Å². The number of rotatable bonds is 18. The molecule has 9 nitrogen and oxygen atoms in total. The van der Waals surface area contributed by atoms with Gasteiger partial charge in [-0.3, -0.25) is 14.4 Å². The van der Waals surface area contributed by atoms with Crippen LogP contribution in [-0.2, 0) is 19.1 Å². The van der Waals surface area contributed by atoms with E-state index in [1.165, 1.54) is 0 Å². The smallest absolute Gasteiger partial charge is 0.248 e. The number of likely N-dealkylation sites (tertiary alicyclic amines) is 1. The molecular weight excluding hydrogens is 546 g/mol. The predicted molar refractivity (Wildman–Crippen MR) is 167 cm³/mol. The van der Waals surface area contributed by atoms with Gasteiger partial charge in [-0.05, 0) is 63.3 Å². The summed E-state index contributed by atoms with van der Waals surface area (Å²) in [6.45, 7) is 14.1. The fourth-order valence-electron chi connectivity index (χ4n) is 7.19. The Morgan fingerprint density at radius 3 is 2.44 bits per heavy atom. The molecule has 3 saturated heterocycles. The Hall–Kier alpha value is -3.17. The second-order valence-corrected chi connectivity index (χ2v) is 11.8. The van der Waals surface area contributed by atoms with Crippen molar-refractivity contribution >= 4 is 23.4 Å². The molecule has 2 unspecified atom stereocenters. The second-order valence-electron chi connectivity index (χ2n) is 11.8. The van der Waals surface area contributed by atoms with Crippen LogP contribution in [0.15, 0.2) is 49.6 Å². The molecule has 43 heavy (non-hydrogen) atoms. The molecule has 0 saturated carbocycles. The highest BCUT2D eigenvalue weighted by atomic mass is 16.5. The van der Waals surface area contributed by atoms with E-state index in [9.17, 15) is 19.5 Å². The van der Waals surface area contributed by atoms with Gasteiger partial charge in [0.2, 0.25) is 17.7 Å². The summed E-state index contributed by atoms with van der Waals surface area (Å²) in [4.78, 5) is 48.2. The van der Waals surface area contributed by atoms with Crippen molar-refractivity contribution in [2.75, 3.05) is 44.3 Å². The Kier molecular flexibility index (Phi) is 11.4. The van der Waals surface area contributed by atoms with Gasteiger partial charge in [0.25, 0.3) is 0 Å². The number of amides is 3. The van der Waals surface area contributed by atoms with E-state index in [2.05, 4.69) is 20.1 Å². The van der Waals surface area contributed by atoms with Gasteiger partial charge in [-0.2, -0.15) is 0 Å². The van der Waals surface area contributed by atoms with E-state index < -0.39 is 29.6 Å². The van der Waals surface area contributed by atoms with Gasteiger partial charge >= 0.3 is 0 Å². The molecule has 236 valence electrons. The minimum Gasteiger partial charge on any atom is -0.494 e. The minimum atomic E-state index is -1.03. The zero-order chi connectivity index (χ0) is 31.0. The minimum absolute atomic E-state index is 0.122. The average Bonchev–Trinajstić information content (AvgIpc) is 3.65. The third-order valence-electron chi connectivity index (χ3n) is 9.11. The van der Waals surface area contributed by atoms with Crippen molar-refractivity contribution < 1.29 is 29.0 Å². The van der Waals surface area contributed by atoms with Crippen molar-refractivity contribution in [3.63, 3.8) is 0 Å². The summed E-state index contributed by atoms with van der Waals surface area (Å²) in [6.07, 6.45) is 9.06. The summed E-state index contributed by atoms with van der Waals surface area (Å²) in [5.74, 6) is -1.17. The van der Waals surface area contributed by atoms with Gasteiger partial charge in [-0.1, -0.05) is 38.3 Å². The number of anilines is 1. The lowest BCUT2D eigenvalue weighted by molar-refractivity contribution is -0.147. The van der Waals surface area contributed by atoms with Crippen LogP contribution in [0.1, 0.15) is 65.2 Å². The molecule has 0 aliphatic carbocycles. The summed E-state index contributed by atoms with van der Waals surface area (Å²) < 4.78 is 12.3. The molecule has 5 atom stereocenters. The van der Waals surface area contributed by atoms with Crippen LogP contribution in [0.2, 0.25) is 0 Å². The van der Waals surface area contributed by atoms with Crippen molar-refractivity contribution in [3.05, 3.63) is 49.6 Å². The van der Waals surface area contributed by atoms with Crippen LogP contribution in [0.3, 0.4) is 0 Å². The zero-order valence-corrected chi connectivity index (χ0v) is 25.9. The van der Waals surface area contributed by atoms with Crippen molar-refractivity contribution in [2.45, 2.75) is 83.0 Å². The van der Waals surface area contributed by atoms with Crippen molar-refractivity contribution in [1.82, 2.24) is 9.80 Å². The number of fused-ring (bicyclic) bond motifs is 1. The third-order valence-corrected chi connectivity index (χ3v) is 9.11. The highest BCUT2D eigenvalue weighted by Crippen LogP contribution is 2.59. The highest BCUT2D eigenvalue weighted by Gasteiger charge is 2.74. The molecule has 3 aliphatic rings. The lowest BCUT2D eigenvalue weighted by Gasteiger charge is -2.37. The molecular formula is C34H49N3O6. The van der Waals surface area contributed by atoms with E-state index in [4.69, 9.17) is 9.47 Å². The Balaban J connectivity index is 1.67. The van der Waals surface area contributed by atoms with Gasteiger partial charge in [-0.15, -0.1) is 13.2 Å². The summed E-state index contributed by atoms with van der Waals surface area (Å²) in [6, 6.07) is 6.58. The van der Waals surface area contributed by atoms with Crippen LogP contribution in [0.25, 0.3) is 0 Å². The number of aliphatic hydroxyl groups is 1. The highest BCUT2D eigenvalue weighted by molar-refractivity contribution is 6.03. The Morgan fingerprint density at radius 2 is 1.79 bits per heavy atom. The Labute approximate surface area is 256 Å². The maximum absolute atomic E-state index is 14.4. The van der Waals surface area contributed by atoms with Gasteiger partial charge in [0.15, 0.2) is 0 Å². The van der Waals surface area contributed by atoms with Gasteiger partial charge in [0.05, 0.1) is 24.5 Å². The standard InChI is InChI=1S/C34H49N3O6/c1-5-9-22-35(20-6-2)33(41)30-34-19-18-27(43-34)28(29(34)32(40)37(30)23-12-10-11-13-24-38)31(39)36(21-7-3)25-14-16-26(17-15-25)42-8-4/h6-7,14-17,27-30,38H,2-3,5,8-13,18-24H2,1,4H3/t27-,28+,29+,30?,34?/m1/s1. The lowest BCUT2D eigenvalue weighted by Crippen LogP contribution is -2.56. The molecule has 1 aromatic rings. The number of hydrogen-bond donors (Lipinski definition) is 1. The largest absolute Gasteiger partial charge is 0.494 e. The van der Waals surface area contributed by atoms with E-state index in [0.717, 1.165) is 25.7 Å². The fourth-order valence-corrected chi connectivity index (χ4v) is 7.19. The van der Waals surface area contributed by atoms with Crippen LogP contribution < -0.4 is 9.64 Å². The maximum atomic E-state index is 14.4. The monoisotopic (exact) mass is 595 g/mol. The molecule has 2 bridgehead atoms. The first-order chi connectivity index (χ1) is 20.9. The van der Waals surface area contributed by atoms with Gasteiger partial charge < -0.3 is 29.3 Å². The number of aliphatic hydroxyl groups excluding tert-OH is 1. The van der Waals surface area contributed by atoms with Crippen LogP contribution >= 0.6 is 0 Å². The summed E-state index contributed by atoms with van der Waals surface area (Å²) >= 11 is 0. The molecule has 9 heteroatoms. The fraction of sp³-hybridized carbons (Fsp3) is 0.618. The van der Waals surface area contributed by atoms with E-state index in [-0.39, 0.29) is 30.9 Å². The van der Waals surface area contributed by atoms with E-state index >= 15 is 0 Å². The van der Waals surface area contributed by atoms with E-state index in [0.29, 0.717) is 63.4 Å². The van der Waals surface area contributed by atoms with E-state index in [1.807, 2.05) is 31.2 Å². The summed E-state index contributed by atoms with van der Waals surface area (Å²) in [7, 11) is 0. The molecule has 4 rings (SSSR count). The molecule has 3 heterocycles. The van der Waals surface area contributed by atoms with Gasteiger partial charge in [0, 0.05) is 38.5 Å². The topological polar surface area (TPSA) is 99.6 Å². The number of carbonyl (C=O) groups excluding carboxylic acids is 3. The molecule has 0 radical (unpaired) electrons. The second kappa shape index (κ2) is 15.0. The third kappa shape index (κ3) is 6.53. The predicted octanol–water partition coefficient (Wildman–Crippen LogP) is 4.35. The Bertz CT molecular complexity index is 1140. The molecule has 1 aromatic carbocycles. The molecule has 1 N–H and O–H groups in total. The van der Waals surface area contributed by atoms with Crippen molar-refractivity contribution in [1.29, 1.82) is 0 Å². The van der Waals surface area contributed by atoms with Crippen LogP contribution in [0.4, 0.5) is 5.69 Å². The maximum Gasteiger partial charge on any atom is 0.248 e. The SMILES string of the molecule is C=CCN(CCCC)C(=O)C1N(CCCCCCO)C(=O)[C@@H]2[C@@H](C(=O)N(CC=C)c3ccc(OCC)cc3)[C@H]3CCC12O3. The van der Waals surface area contributed by atoms with Gasteiger partial charge in [-0.25, -0.2) is 0 Å². The van der Waals surface area contributed by atoms with Gasteiger partial charge in [0.1, 0.15) is 17.4 Å². The summed E-state index contributed by atoms with van der Waals surface area (Å²) in [5.41, 5.74) is -0.338. The number of ether oxygens (including phenoxy) is 2. The Morgan fingerprint density at radius 1 is 1.07 bits per heavy atom. The number of nitrogens with zero attached hydrogens (tertiary/aromatic N) is 3. The van der Waals surface area contributed by atoms with Crippen LogP contribution in [0.5, 0.6) is 5.75 Å². The normalized spacial score (nSPS) is 25.5. The summed E-state index contributed by atoms with van der Waals surface area (Å²) in [5, 5.41) is 9.19. The lowest BCUT2D eigenvalue weighted by atomic mass is 9.70. The molecule has 0 aromatic heterocycles. The molecule has 3 fully saturated rings. The molecule has 3 amide bonds. The van der Waals surface area contributed by atoms with Crippen molar-refractivity contribution in [2.24, 2.45) is 11.8 Å². The number of unbranched alkanes of at least 4 members (excludes halogenated alkanes) is 4. The number of benzene rings is 1. The van der Waals surface area contributed by atoms with Crippen molar-refractivity contribution in [3.8, 4) is 5.75 Å². The number of hydrogen-bond acceptors (Lipinski definition) is 6. The quantitative estimate of drug-likeness (QED) is 0.200. The number of carbonyl (C=O) groups is 3. The molecule has 1 spiro atoms. The van der Waals surface area contributed by atoms with Crippen LogP contribution in [0, 0.1) is 11.8 Å². The average molecular weight is 596 g/mol. The molecule has 3 aliphatic heterocycles. The zero-order valence-electron chi connectivity index (χ0n) is 25.9. The first kappa shape index (κ1) is 32.7. The first-order valence-corrected chi connectivity index (χ1v) is 16.0. The van der Waals surface area contributed by atoms with Crippen LogP contribution in [-0.4, -0.2) is 89.8 Å². The first-order valence-electron chi connectivity index (χ1n) is 16.0.